The van der Waals surface area contributed by atoms with Gasteiger partial charge in [0.25, 0.3) is 0 Å². The zero-order chi connectivity index (χ0) is 38.6. The number of aromatic nitrogens is 3. The first-order chi connectivity index (χ1) is 28.7. The van der Waals surface area contributed by atoms with Crippen LogP contribution < -0.4 is 0 Å². The summed E-state index contributed by atoms with van der Waals surface area (Å²) in [6, 6.07) is 75.1. The third-order valence-electron chi connectivity index (χ3n) is 11.3. The quantitative estimate of drug-likeness (QED) is 0.170. The van der Waals surface area contributed by atoms with Crippen LogP contribution >= 0.6 is 0 Å². The molecule has 0 aliphatic heterocycles. The summed E-state index contributed by atoms with van der Waals surface area (Å²) in [5.41, 5.74) is 15.6. The molecular weight excluding hydrogens is 705 g/mol. The van der Waals surface area contributed by atoms with Gasteiger partial charge in [0, 0.05) is 44.0 Å². The van der Waals surface area contributed by atoms with E-state index in [-0.39, 0.29) is 0 Å². The van der Waals surface area contributed by atoms with E-state index < -0.39 is 0 Å². The summed E-state index contributed by atoms with van der Waals surface area (Å²) >= 11 is 0. The van der Waals surface area contributed by atoms with Gasteiger partial charge in [0.15, 0.2) is 0 Å². The predicted molar refractivity (Wildman–Crippen MR) is 239 cm³/mol. The number of nitrogens with zero attached hydrogens (tertiary/aromatic N) is 4. The molecule has 0 aliphatic carbocycles. The molecular formula is C54H34N4. The lowest BCUT2D eigenvalue weighted by Gasteiger charge is -2.16. The van der Waals surface area contributed by atoms with Crippen molar-refractivity contribution in [1.29, 1.82) is 5.26 Å². The highest BCUT2D eigenvalue weighted by atomic mass is 15.0. The lowest BCUT2D eigenvalue weighted by Crippen LogP contribution is -1.98. The molecule has 0 aliphatic rings. The minimum atomic E-state index is 0.634. The van der Waals surface area contributed by atoms with Gasteiger partial charge >= 0.3 is 0 Å². The second-order valence-corrected chi connectivity index (χ2v) is 14.7. The van der Waals surface area contributed by atoms with Crippen molar-refractivity contribution < 1.29 is 0 Å². The van der Waals surface area contributed by atoms with Crippen molar-refractivity contribution in [3.8, 4) is 62.2 Å². The van der Waals surface area contributed by atoms with E-state index in [1.165, 1.54) is 32.6 Å². The number of hydrogen-bond donors (Lipinski definition) is 0. The molecule has 11 aromatic rings. The Bertz CT molecular complexity index is 3270. The van der Waals surface area contributed by atoms with E-state index in [0.29, 0.717) is 5.56 Å². The predicted octanol–water partition coefficient (Wildman–Crippen LogP) is 13.8. The molecule has 0 unspecified atom stereocenters. The van der Waals surface area contributed by atoms with Gasteiger partial charge in [-0.1, -0.05) is 133 Å². The molecule has 3 aromatic heterocycles. The Labute approximate surface area is 335 Å². The number of para-hydroxylation sites is 3. The van der Waals surface area contributed by atoms with Gasteiger partial charge < -0.3 is 9.13 Å². The topological polar surface area (TPSA) is 46.5 Å². The van der Waals surface area contributed by atoms with Crippen LogP contribution in [0, 0.1) is 11.3 Å². The molecule has 0 saturated carbocycles. The van der Waals surface area contributed by atoms with Crippen molar-refractivity contribution in [3.05, 3.63) is 212 Å². The fourth-order valence-electron chi connectivity index (χ4n) is 8.60. The Morgan fingerprint density at radius 3 is 1.31 bits per heavy atom. The maximum absolute atomic E-state index is 9.65. The molecule has 58 heavy (non-hydrogen) atoms. The summed E-state index contributed by atoms with van der Waals surface area (Å²) in [5.74, 6) is 0. The van der Waals surface area contributed by atoms with E-state index in [1.54, 1.807) is 0 Å². The molecule has 3 heterocycles. The van der Waals surface area contributed by atoms with Gasteiger partial charge in [-0.2, -0.15) is 5.26 Å². The normalized spacial score (nSPS) is 11.4. The number of fused-ring (bicyclic) bond motifs is 6. The average molecular weight is 739 g/mol. The van der Waals surface area contributed by atoms with Crippen LogP contribution in [-0.4, -0.2) is 14.1 Å². The third-order valence-corrected chi connectivity index (χ3v) is 11.3. The van der Waals surface area contributed by atoms with Crippen molar-refractivity contribution in [1.82, 2.24) is 14.1 Å². The number of nitriles is 1. The summed E-state index contributed by atoms with van der Waals surface area (Å²) < 4.78 is 4.80. The van der Waals surface area contributed by atoms with Crippen LogP contribution in [0.3, 0.4) is 0 Å². The SMILES string of the molecule is N#Cc1ccc(-c2cc(-c3cc(-c4ccccc4)nc(-c4ccccc4)c3)cc(-n3c4ccccc4c4ccc(-n5c6ccccc6c6ccccc65)cc43)c2)cc1. The molecule has 0 spiro atoms. The van der Waals surface area contributed by atoms with Crippen molar-refractivity contribution >= 4 is 43.6 Å². The molecule has 11 rings (SSSR count). The summed E-state index contributed by atoms with van der Waals surface area (Å²) in [4.78, 5) is 5.19. The molecule has 0 N–H and O–H groups in total. The van der Waals surface area contributed by atoms with E-state index in [1.807, 2.05) is 36.4 Å². The van der Waals surface area contributed by atoms with Crippen LogP contribution in [0.5, 0.6) is 0 Å². The highest BCUT2D eigenvalue weighted by Crippen LogP contribution is 2.40. The molecule has 0 amide bonds. The van der Waals surface area contributed by atoms with Crippen LogP contribution in [0.15, 0.2) is 206 Å². The van der Waals surface area contributed by atoms with Crippen LogP contribution in [0.2, 0.25) is 0 Å². The zero-order valence-electron chi connectivity index (χ0n) is 31.4. The Kier molecular flexibility index (Phi) is 7.84. The summed E-state index contributed by atoms with van der Waals surface area (Å²) in [7, 11) is 0. The molecule has 4 nitrogen and oxygen atoms in total. The minimum absolute atomic E-state index is 0.634. The summed E-state index contributed by atoms with van der Waals surface area (Å²) in [5, 5.41) is 14.5. The fraction of sp³-hybridized carbons (Fsp3) is 0. The molecule has 270 valence electrons. The monoisotopic (exact) mass is 738 g/mol. The van der Waals surface area contributed by atoms with Crippen molar-refractivity contribution in [2.75, 3.05) is 0 Å². The van der Waals surface area contributed by atoms with Crippen molar-refractivity contribution in [3.63, 3.8) is 0 Å². The fourth-order valence-corrected chi connectivity index (χ4v) is 8.60. The van der Waals surface area contributed by atoms with Gasteiger partial charge in [-0.3, -0.25) is 0 Å². The van der Waals surface area contributed by atoms with Gasteiger partial charge in [0.2, 0.25) is 0 Å². The summed E-state index contributed by atoms with van der Waals surface area (Å²) in [6.07, 6.45) is 0. The second-order valence-electron chi connectivity index (χ2n) is 14.7. The molecule has 0 radical (unpaired) electrons. The summed E-state index contributed by atoms with van der Waals surface area (Å²) in [6.45, 7) is 0. The minimum Gasteiger partial charge on any atom is -0.309 e. The van der Waals surface area contributed by atoms with Crippen LogP contribution in [0.25, 0.3) is 99.8 Å². The third kappa shape index (κ3) is 5.57. The molecule has 0 saturated heterocycles. The zero-order valence-corrected chi connectivity index (χ0v) is 31.4. The molecule has 0 bridgehead atoms. The Hall–Kier alpha value is -8.00. The average Bonchev–Trinajstić information content (AvgIpc) is 3.82. The lowest BCUT2D eigenvalue weighted by molar-refractivity contribution is 1.15. The first-order valence-corrected chi connectivity index (χ1v) is 19.5. The van der Waals surface area contributed by atoms with Crippen molar-refractivity contribution in [2.24, 2.45) is 0 Å². The highest BCUT2D eigenvalue weighted by molar-refractivity contribution is 6.12. The lowest BCUT2D eigenvalue weighted by atomic mass is 9.95. The van der Waals surface area contributed by atoms with Gasteiger partial charge in [0.1, 0.15) is 0 Å². The maximum atomic E-state index is 9.65. The van der Waals surface area contributed by atoms with E-state index in [9.17, 15) is 5.26 Å². The largest absolute Gasteiger partial charge is 0.309 e. The Morgan fingerprint density at radius 2 is 0.776 bits per heavy atom. The molecule has 4 heteroatoms. The number of benzene rings is 8. The Morgan fingerprint density at radius 1 is 0.328 bits per heavy atom. The number of rotatable bonds is 6. The number of hydrogen-bond acceptors (Lipinski definition) is 2. The first kappa shape index (κ1) is 33.3. The Balaban J connectivity index is 1.19. The molecule has 0 fully saturated rings. The van der Waals surface area contributed by atoms with Crippen LogP contribution in [0.4, 0.5) is 0 Å². The van der Waals surface area contributed by atoms with Gasteiger partial charge in [-0.15, -0.1) is 0 Å². The first-order valence-electron chi connectivity index (χ1n) is 19.5. The highest BCUT2D eigenvalue weighted by Gasteiger charge is 2.18. The van der Waals surface area contributed by atoms with E-state index >= 15 is 0 Å². The van der Waals surface area contributed by atoms with E-state index in [2.05, 4.69) is 185 Å². The van der Waals surface area contributed by atoms with Gasteiger partial charge in [-0.05, 0) is 95.1 Å². The van der Waals surface area contributed by atoms with Crippen molar-refractivity contribution in [2.45, 2.75) is 0 Å². The second kappa shape index (κ2) is 13.6. The number of pyridine rings is 1. The maximum Gasteiger partial charge on any atom is 0.0991 e. The van der Waals surface area contributed by atoms with E-state index in [0.717, 1.165) is 67.2 Å². The molecule has 8 aromatic carbocycles. The molecule has 0 atom stereocenters. The van der Waals surface area contributed by atoms with Crippen LogP contribution in [-0.2, 0) is 0 Å². The smallest absolute Gasteiger partial charge is 0.0991 e. The standard InChI is InChI=1S/C54H34N4/c55-35-36-23-25-37(26-24-36)40-29-41(42-32-49(38-13-3-1-4-14-38)56-50(33-42)39-15-5-2-6-16-39)31-44(30-40)58-53-22-12-9-19-47(53)48-28-27-43(34-54(48)58)57-51-20-10-7-17-45(51)46-18-8-11-21-52(46)57/h1-34H. The van der Waals surface area contributed by atoms with Gasteiger partial charge in [0.05, 0.1) is 45.1 Å². The van der Waals surface area contributed by atoms with E-state index in [4.69, 9.17) is 4.98 Å². The van der Waals surface area contributed by atoms with Gasteiger partial charge in [-0.25, -0.2) is 4.98 Å². The van der Waals surface area contributed by atoms with Crippen LogP contribution in [0.1, 0.15) is 5.56 Å².